The molecule has 1 amide bonds. The predicted molar refractivity (Wildman–Crippen MR) is 82.0 cm³/mol. The maximum atomic E-state index is 12.7. The molecule has 4 nitrogen and oxygen atoms in total. The summed E-state index contributed by atoms with van der Waals surface area (Å²) in [5.74, 6) is 1.29. The first-order chi connectivity index (χ1) is 9.71. The van der Waals surface area contributed by atoms with Crippen LogP contribution in [0.3, 0.4) is 0 Å². The van der Waals surface area contributed by atoms with Gasteiger partial charge in [-0.2, -0.15) is 0 Å². The van der Waals surface area contributed by atoms with Gasteiger partial charge in [0.05, 0.1) is 19.8 Å². The molecule has 1 aliphatic carbocycles. The summed E-state index contributed by atoms with van der Waals surface area (Å²) in [4.78, 5) is 14.7. The van der Waals surface area contributed by atoms with Gasteiger partial charge in [-0.15, -0.1) is 0 Å². The number of hydrogen-bond donors (Lipinski definition) is 0. The summed E-state index contributed by atoms with van der Waals surface area (Å²) in [7, 11) is 3.17. The fourth-order valence-electron chi connectivity index (χ4n) is 2.37. The molecule has 1 fully saturated rings. The van der Waals surface area contributed by atoms with Crippen LogP contribution in [0.5, 0.6) is 11.5 Å². The van der Waals surface area contributed by atoms with Crippen molar-refractivity contribution in [3.05, 3.63) is 23.8 Å². The summed E-state index contributed by atoms with van der Waals surface area (Å²) >= 11 is 3.43. The number of methoxy groups -OCH3 is 2. The molecule has 0 bridgehead atoms. The molecule has 0 aliphatic heterocycles. The molecule has 0 atom stereocenters. The van der Waals surface area contributed by atoms with Crippen LogP contribution in [0.15, 0.2) is 18.2 Å². The average molecular weight is 342 g/mol. The van der Waals surface area contributed by atoms with E-state index < -0.39 is 0 Å². The molecule has 110 valence electrons. The number of hydrogen-bond acceptors (Lipinski definition) is 3. The second-order valence-electron chi connectivity index (χ2n) is 4.84. The zero-order valence-corrected chi connectivity index (χ0v) is 13.5. The Kier molecular flexibility index (Phi) is 5.29. The van der Waals surface area contributed by atoms with Crippen LogP contribution in [0.1, 0.15) is 29.6 Å². The van der Waals surface area contributed by atoms with Crippen molar-refractivity contribution in [2.75, 3.05) is 26.1 Å². The van der Waals surface area contributed by atoms with Gasteiger partial charge in [-0.05, 0) is 31.4 Å². The van der Waals surface area contributed by atoms with Crippen molar-refractivity contribution in [2.45, 2.75) is 25.3 Å². The van der Waals surface area contributed by atoms with E-state index >= 15 is 0 Å². The number of carbonyl (C=O) groups is 1. The van der Waals surface area contributed by atoms with Crippen LogP contribution in [0.2, 0.25) is 0 Å². The molecule has 0 heterocycles. The molecule has 2 rings (SSSR count). The Morgan fingerprint density at radius 1 is 1.35 bits per heavy atom. The van der Waals surface area contributed by atoms with Gasteiger partial charge >= 0.3 is 0 Å². The van der Waals surface area contributed by atoms with Crippen molar-refractivity contribution in [3.8, 4) is 11.5 Å². The van der Waals surface area contributed by atoms with Gasteiger partial charge in [-0.25, -0.2) is 0 Å². The molecule has 1 aromatic rings. The number of benzene rings is 1. The minimum Gasteiger partial charge on any atom is -0.497 e. The van der Waals surface area contributed by atoms with E-state index in [4.69, 9.17) is 9.47 Å². The third kappa shape index (κ3) is 3.08. The van der Waals surface area contributed by atoms with Crippen molar-refractivity contribution >= 4 is 21.8 Å². The highest BCUT2D eigenvalue weighted by atomic mass is 79.9. The largest absolute Gasteiger partial charge is 0.497 e. The molecular formula is C15H20BrNO3. The summed E-state index contributed by atoms with van der Waals surface area (Å²) in [6.45, 7) is 0.721. The summed E-state index contributed by atoms with van der Waals surface area (Å²) in [6, 6.07) is 5.69. The molecule has 1 saturated carbocycles. The van der Waals surface area contributed by atoms with E-state index in [9.17, 15) is 4.79 Å². The van der Waals surface area contributed by atoms with E-state index in [-0.39, 0.29) is 5.91 Å². The Hall–Kier alpha value is -1.23. The molecule has 0 unspecified atom stereocenters. The molecule has 0 N–H and O–H groups in total. The number of rotatable bonds is 6. The van der Waals surface area contributed by atoms with E-state index in [1.165, 1.54) is 6.42 Å². The van der Waals surface area contributed by atoms with Crippen LogP contribution >= 0.6 is 15.9 Å². The maximum absolute atomic E-state index is 12.7. The van der Waals surface area contributed by atoms with Gasteiger partial charge in [0, 0.05) is 24.0 Å². The van der Waals surface area contributed by atoms with Gasteiger partial charge in [0.2, 0.25) is 0 Å². The Morgan fingerprint density at radius 3 is 2.60 bits per heavy atom. The van der Waals surface area contributed by atoms with Gasteiger partial charge in [-0.1, -0.05) is 15.9 Å². The van der Waals surface area contributed by atoms with Gasteiger partial charge in [-0.3, -0.25) is 4.79 Å². The van der Waals surface area contributed by atoms with Gasteiger partial charge < -0.3 is 14.4 Å². The fourth-order valence-corrected chi connectivity index (χ4v) is 2.75. The van der Waals surface area contributed by atoms with Crippen LogP contribution in [-0.4, -0.2) is 42.9 Å². The highest BCUT2D eigenvalue weighted by molar-refractivity contribution is 9.09. The van der Waals surface area contributed by atoms with Crippen molar-refractivity contribution in [3.63, 3.8) is 0 Å². The van der Waals surface area contributed by atoms with E-state index in [0.717, 1.165) is 24.7 Å². The van der Waals surface area contributed by atoms with E-state index in [1.54, 1.807) is 32.4 Å². The summed E-state index contributed by atoms with van der Waals surface area (Å²) in [6.07, 6.45) is 3.39. The Bertz CT molecular complexity index is 474. The molecule has 20 heavy (non-hydrogen) atoms. The third-order valence-corrected chi connectivity index (χ3v) is 4.10. The minimum absolute atomic E-state index is 0.0358. The van der Waals surface area contributed by atoms with Crippen molar-refractivity contribution < 1.29 is 14.3 Å². The monoisotopic (exact) mass is 341 g/mol. The summed E-state index contributed by atoms with van der Waals surface area (Å²) in [5.41, 5.74) is 0.598. The van der Waals surface area contributed by atoms with Gasteiger partial charge in [0.15, 0.2) is 0 Å². The number of alkyl halides is 1. The predicted octanol–water partition coefficient (Wildman–Crippen LogP) is 3.09. The number of ether oxygens (including phenoxy) is 2. The SMILES string of the molecule is COc1ccc(C(=O)N(CCBr)C2CCC2)c(OC)c1. The highest BCUT2D eigenvalue weighted by Crippen LogP contribution is 2.30. The molecule has 1 aromatic carbocycles. The van der Waals surface area contributed by atoms with E-state index in [0.29, 0.717) is 23.1 Å². The molecule has 0 radical (unpaired) electrons. The van der Waals surface area contributed by atoms with Crippen LogP contribution in [0, 0.1) is 0 Å². The van der Waals surface area contributed by atoms with Crippen LogP contribution < -0.4 is 9.47 Å². The summed E-state index contributed by atoms with van der Waals surface area (Å²) < 4.78 is 10.5. The lowest BCUT2D eigenvalue weighted by molar-refractivity contribution is 0.0596. The normalized spacial score (nSPS) is 14.6. The number of amides is 1. The lowest BCUT2D eigenvalue weighted by Crippen LogP contribution is -2.45. The Morgan fingerprint density at radius 2 is 2.10 bits per heavy atom. The summed E-state index contributed by atoms with van der Waals surface area (Å²) in [5, 5.41) is 0.785. The Balaban J connectivity index is 2.25. The second kappa shape index (κ2) is 6.97. The third-order valence-electron chi connectivity index (χ3n) is 3.74. The first-order valence-corrected chi connectivity index (χ1v) is 7.92. The number of carbonyl (C=O) groups excluding carboxylic acids is 1. The standard InChI is InChI=1S/C15H20BrNO3/c1-19-12-6-7-13(14(10-12)20-2)15(18)17(9-8-16)11-4-3-5-11/h6-7,10-11H,3-5,8-9H2,1-2H3. The lowest BCUT2D eigenvalue weighted by atomic mass is 9.91. The average Bonchev–Trinajstić information content (AvgIpc) is 2.43. The quantitative estimate of drug-likeness (QED) is 0.746. The molecule has 5 heteroatoms. The van der Waals surface area contributed by atoms with Crippen molar-refractivity contribution in [2.24, 2.45) is 0 Å². The molecular weight excluding hydrogens is 322 g/mol. The zero-order chi connectivity index (χ0) is 14.5. The lowest BCUT2D eigenvalue weighted by Gasteiger charge is -2.37. The second-order valence-corrected chi connectivity index (χ2v) is 5.63. The van der Waals surface area contributed by atoms with Crippen LogP contribution in [0.25, 0.3) is 0 Å². The molecule has 0 aromatic heterocycles. The zero-order valence-electron chi connectivity index (χ0n) is 11.9. The van der Waals surface area contributed by atoms with Gasteiger partial charge in [0.1, 0.15) is 11.5 Å². The van der Waals surface area contributed by atoms with E-state index in [2.05, 4.69) is 15.9 Å². The van der Waals surface area contributed by atoms with Crippen molar-refractivity contribution in [1.29, 1.82) is 0 Å². The van der Waals surface area contributed by atoms with Crippen molar-refractivity contribution in [1.82, 2.24) is 4.90 Å². The van der Waals surface area contributed by atoms with E-state index in [1.807, 2.05) is 4.90 Å². The first-order valence-electron chi connectivity index (χ1n) is 6.80. The van der Waals surface area contributed by atoms with Gasteiger partial charge in [0.25, 0.3) is 5.91 Å². The Labute approximate surface area is 128 Å². The smallest absolute Gasteiger partial charge is 0.257 e. The van der Waals surface area contributed by atoms with Crippen LogP contribution in [-0.2, 0) is 0 Å². The molecule has 1 aliphatic rings. The maximum Gasteiger partial charge on any atom is 0.257 e. The first kappa shape index (κ1) is 15.2. The number of halogens is 1. The topological polar surface area (TPSA) is 38.8 Å². The minimum atomic E-state index is 0.0358. The highest BCUT2D eigenvalue weighted by Gasteiger charge is 2.30. The molecule has 0 saturated heterocycles. The fraction of sp³-hybridized carbons (Fsp3) is 0.533. The molecule has 0 spiro atoms. The number of nitrogens with zero attached hydrogens (tertiary/aromatic N) is 1. The van der Waals surface area contributed by atoms with Crippen LogP contribution in [0.4, 0.5) is 0 Å².